The van der Waals surface area contributed by atoms with Crippen molar-refractivity contribution in [2.45, 2.75) is 27.3 Å². The van der Waals surface area contributed by atoms with Crippen LogP contribution in [0.2, 0.25) is 0 Å². The molecule has 0 spiro atoms. The van der Waals surface area contributed by atoms with Crippen LogP contribution in [0.1, 0.15) is 28.0 Å². The van der Waals surface area contributed by atoms with Gasteiger partial charge in [0.05, 0.1) is 22.0 Å². The summed E-state index contributed by atoms with van der Waals surface area (Å²) in [6, 6.07) is 6.03. The fraction of sp³-hybridized carbons (Fsp3) is 0.250. The summed E-state index contributed by atoms with van der Waals surface area (Å²) in [5.74, 6) is -0.0744. The zero-order chi connectivity index (χ0) is 15.7. The average Bonchev–Trinajstić information content (AvgIpc) is 3.22. The fourth-order valence-electron chi connectivity index (χ4n) is 2.39. The van der Waals surface area contributed by atoms with Crippen molar-refractivity contribution in [3.05, 3.63) is 45.2 Å². The topological polar surface area (TPSA) is 46.9 Å². The molecule has 1 amide bonds. The molecule has 1 N–H and O–H groups in total. The summed E-state index contributed by atoms with van der Waals surface area (Å²) in [6.07, 6.45) is 0. The molecule has 3 rings (SSSR count). The highest BCUT2D eigenvalue weighted by atomic mass is 32.1. The normalized spacial score (nSPS) is 10.9. The molecule has 0 aliphatic heterocycles. The van der Waals surface area contributed by atoms with Crippen LogP contribution in [-0.2, 0) is 6.54 Å². The summed E-state index contributed by atoms with van der Waals surface area (Å²) in [5.41, 5.74) is 3.76. The number of carbonyl (C=O) groups is 1. The second-order valence-electron chi connectivity index (χ2n) is 4.99. The Balaban J connectivity index is 1.82. The number of aryl methyl sites for hydroxylation is 2. The quantitative estimate of drug-likeness (QED) is 0.761. The monoisotopic (exact) mass is 331 g/mol. The predicted octanol–water partition coefficient (Wildman–Crippen LogP) is 4.56. The Bertz CT molecular complexity index is 800. The van der Waals surface area contributed by atoms with Gasteiger partial charge in [0, 0.05) is 22.4 Å². The molecule has 3 aromatic heterocycles. The van der Waals surface area contributed by atoms with Gasteiger partial charge in [-0.3, -0.25) is 9.48 Å². The number of thiophene rings is 2. The van der Waals surface area contributed by atoms with Crippen LogP contribution in [-0.4, -0.2) is 15.7 Å². The number of carbonyl (C=O) groups excluding carboxylic acids is 1. The molecule has 0 aromatic carbocycles. The minimum absolute atomic E-state index is 0.0744. The molecular formula is C16H17N3OS2. The summed E-state index contributed by atoms with van der Waals surface area (Å²) in [4.78, 5) is 14.4. The van der Waals surface area contributed by atoms with Gasteiger partial charge in [0.25, 0.3) is 5.91 Å². The zero-order valence-corrected chi connectivity index (χ0v) is 14.3. The van der Waals surface area contributed by atoms with Crippen molar-refractivity contribution < 1.29 is 4.79 Å². The molecule has 3 heterocycles. The van der Waals surface area contributed by atoms with E-state index in [2.05, 4.69) is 16.5 Å². The first-order chi connectivity index (χ1) is 10.6. The number of aromatic nitrogens is 2. The third kappa shape index (κ3) is 2.71. The zero-order valence-electron chi connectivity index (χ0n) is 12.7. The molecule has 0 aliphatic rings. The van der Waals surface area contributed by atoms with Crippen molar-refractivity contribution in [3.63, 3.8) is 0 Å². The van der Waals surface area contributed by atoms with Crippen LogP contribution < -0.4 is 5.32 Å². The van der Waals surface area contributed by atoms with Crippen LogP contribution in [0.25, 0.3) is 10.4 Å². The second kappa shape index (κ2) is 6.06. The Morgan fingerprint density at radius 1 is 1.36 bits per heavy atom. The van der Waals surface area contributed by atoms with Crippen molar-refractivity contribution in [2.75, 3.05) is 5.32 Å². The molecule has 22 heavy (non-hydrogen) atoms. The van der Waals surface area contributed by atoms with Gasteiger partial charge in [0.2, 0.25) is 0 Å². The standard InChI is InChI=1S/C16H17N3OS2/c1-4-19-11(3)15(10(2)18-19)17-16(20)14-8-12(9-22-14)13-6-5-7-21-13/h5-9H,4H2,1-3H3,(H,17,20). The third-order valence-electron chi connectivity index (χ3n) is 3.55. The van der Waals surface area contributed by atoms with Gasteiger partial charge in [-0.1, -0.05) is 6.07 Å². The molecule has 114 valence electrons. The Labute approximate surface area is 137 Å². The van der Waals surface area contributed by atoms with Crippen molar-refractivity contribution in [2.24, 2.45) is 0 Å². The predicted molar refractivity (Wildman–Crippen MR) is 93.0 cm³/mol. The third-order valence-corrected chi connectivity index (χ3v) is 5.40. The van der Waals surface area contributed by atoms with Crippen molar-refractivity contribution in [3.8, 4) is 10.4 Å². The van der Waals surface area contributed by atoms with Gasteiger partial charge >= 0.3 is 0 Å². The number of anilines is 1. The van der Waals surface area contributed by atoms with Gasteiger partial charge in [0.15, 0.2) is 0 Å². The number of rotatable bonds is 4. The lowest BCUT2D eigenvalue weighted by atomic mass is 10.2. The Hall–Kier alpha value is -1.92. The molecule has 0 unspecified atom stereocenters. The molecule has 0 radical (unpaired) electrons. The SMILES string of the molecule is CCn1nc(C)c(NC(=O)c2cc(-c3cccs3)cs2)c1C. The first-order valence-corrected chi connectivity index (χ1v) is 8.83. The highest BCUT2D eigenvalue weighted by Gasteiger charge is 2.16. The Morgan fingerprint density at radius 2 is 2.18 bits per heavy atom. The molecule has 0 fully saturated rings. The second-order valence-corrected chi connectivity index (χ2v) is 6.85. The van der Waals surface area contributed by atoms with Gasteiger partial charge in [-0.25, -0.2) is 0 Å². The summed E-state index contributed by atoms with van der Waals surface area (Å²) >= 11 is 3.14. The number of nitrogens with zero attached hydrogens (tertiary/aromatic N) is 2. The van der Waals surface area contributed by atoms with Crippen molar-refractivity contribution in [1.29, 1.82) is 0 Å². The molecule has 0 bridgehead atoms. The summed E-state index contributed by atoms with van der Waals surface area (Å²) < 4.78 is 1.90. The van der Waals surface area contributed by atoms with E-state index in [0.717, 1.165) is 29.2 Å². The summed E-state index contributed by atoms with van der Waals surface area (Å²) in [7, 11) is 0. The fourth-order valence-corrected chi connectivity index (χ4v) is 3.98. The smallest absolute Gasteiger partial charge is 0.265 e. The van der Waals surface area contributed by atoms with E-state index in [0.29, 0.717) is 4.88 Å². The number of hydrogen-bond acceptors (Lipinski definition) is 4. The van der Waals surface area contributed by atoms with Crippen LogP contribution >= 0.6 is 22.7 Å². The molecule has 0 saturated carbocycles. The van der Waals surface area contributed by atoms with Crippen LogP contribution in [0.15, 0.2) is 29.0 Å². The molecule has 3 aromatic rings. The van der Waals surface area contributed by atoms with E-state index in [1.54, 1.807) is 11.3 Å². The van der Waals surface area contributed by atoms with E-state index in [4.69, 9.17) is 0 Å². The molecule has 0 saturated heterocycles. The molecule has 0 aliphatic carbocycles. The lowest BCUT2D eigenvalue weighted by Crippen LogP contribution is -2.11. The van der Waals surface area contributed by atoms with E-state index in [1.165, 1.54) is 16.2 Å². The molecular weight excluding hydrogens is 314 g/mol. The minimum Gasteiger partial charge on any atom is -0.318 e. The van der Waals surface area contributed by atoms with E-state index in [-0.39, 0.29) is 5.91 Å². The van der Waals surface area contributed by atoms with Crippen LogP contribution in [0.5, 0.6) is 0 Å². The lowest BCUT2D eigenvalue weighted by molar-refractivity contribution is 0.103. The number of hydrogen-bond donors (Lipinski definition) is 1. The lowest BCUT2D eigenvalue weighted by Gasteiger charge is -2.04. The van der Waals surface area contributed by atoms with Crippen LogP contribution in [0.3, 0.4) is 0 Å². The minimum atomic E-state index is -0.0744. The first-order valence-electron chi connectivity index (χ1n) is 7.08. The highest BCUT2D eigenvalue weighted by Crippen LogP contribution is 2.30. The van der Waals surface area contributed by atoms with Gasteiger partial charge < -0.3 is 5.32 Å². The molecule has 0 atom stereocenters. The van der Waals surface area contributed by atoms with Gasteiger partial charge in [-0.2, -0.15) is 5.10 Å². The number of nitrogens with one attached hydrogen (secondary N) is 1. The van der Waals surface area contributed by atoms with E-state index < -0.39 is 0 Å². The van der Waals surface area contributed by atoms with E-state index >= 15 is 0 Å². The highest BCUT2D eigenvalue weighted by molar-refractivity contribution is 7.15. The molecule has 4 nitrogen and oxygen atoms in total. The Morgan fingerprint density at radius 3 is 2.82 bits per heavy atom. The maximum absolute atomic E-state index is 12.5. The van der Waals surface area contributed by atoms with Crippen molar-refractivity contribution in [1.82, 2.24) is 9.78 Å². The molecule has 6 heteroatoms. The van der Waals surface area contributed by atoms with Crippen molar-refractivity contribution >= 4 is 34.3 Å². The summed E-state index contributed by atoms with van der Waals surface area (Å²) in [5, 5.41) is 11.5. The Kier molecular flexibility index (Phi) is 4.13. The van der Waals surface area contributed by atoms with Gasteiger partial charge in [-0.05, 0) is 38.3 Å². The first kappa shape index (κ1) is 15.0. The number of amides is 1. The van der Waals surface area contributed by atoms with Crippen LogP contribution in [0.4, 0.5) is 5.69 Å². The van der Waals surface area contributed by atoms with E-state index in [9.17, 15) is 4.79 Å². The van der Waals surface area contributed by atoms with E-state index in [1.807, 2.05) is 48.3 Å². The van der Waals surface area contributed by atoms with Gasteiger partial charge in [-0.15, -0.1) is 22.7 Å². The maximum Gasteiger partial charge on any atom is 0.265 e. The maximum atomic E-state index is 12.5. The largest absolute Gasteiger partial charge is 0.318 e. The summed E-state index contributed by atoms with van der Waals surface area (Å²) in [6.45, 7) is 6.73. The van der Waals surface area contributed by atoms with Crippen LogP contribution in [0, 0.1) is 13.8 Å². The average molecular weight is 331 g/mol. The van der Waals surface area contributed by atoms with Gasteiger partial charge in [0.1, 0.15) is 0 Å².